The van der Waals surface area contributed by atoms with Gasteiger partial charge in [0.15, 0.2) is 12.0 Å². The number of hydrogen-bond donors (Lipinski definition) is 1. The molecule has 0 spiro atoms. The maximum Gasteiger partial charge on any atom is 0.288 e. The molecule has 0 radical (unpaired) electrons. The number of carbonyl (C=O) groups is 1. The molecule has 0 fully saturated rings. The summed E-state index contributed by atoms with van der Waals surface area (Å²) in [7, 11) is 4.77. The van der Waals surface area contributed by atoms with Gasteiger partial charge < -0.3 is 33.7 Å². The summed E-state index contributed by atoms with van der Waals surface area (Å²) in [6.45, 7) is 1.09. The van der Waals surface area contributed by atoms with Gasteiger partial charge in [-0.25, -0.2) is 0 Å². The summed E-state index contributed by atoms with van der Waals surface area (Å²) < 4.78 is 27.8. The van der Waals surface area contributed by atoms with Crippen LogP contribution in [0.3, 0.4) is 0 Å². The number of rotatable bonds is 12. The highest BCUT2D eigenvalue weighted by atomic mass is 16.7. The van der Waals surface area contributed by atoms with E-state index in [-0.39, 0.29) is 37.3 Å². The molecule has 0 saturated carbocycles. The van der Waals surface area contributed by atoms with E-state index in [0.717, 1.165) is 6.42 Å². The van der Waals surface area contributed by atoms with Crippen LogP contribution in [0.15, 0.2) is 54.3 Å². The van der Waals surface area contributed by atoms with E-state index in [4.69, 9.17) is 28.8 Å². The molecule has 8 nitrogen and oxygen atoms in total. The van der Waals surface area contributed by atoms with Crippen LogP contribution in [-0.2, 0) is 34.9 Å². The van der Waals surface area contributed by atoms with Crippen molar-refractivity contribution in [2.24, 2.45) is 0 Å². The van der Waals surface area contributed by atoms with E-state index in [1.807, 2.05) is 6.08 Å². The molecule has 36 heavy (non-hydrogen) atoms. The van der Waals surface area contributed by atoms with Crippen molar-refractivity contribution in [2.75, 3.05) is 54.2 Å². The van der Waals surface area contributed by atoms with Crippen LogP contribution in [0.4, 0.5) is 0 Å². The van der Waals surface area contributed by atoms with Crippen molar-refractivity contribution in [3.05, 3.63) is 71.0 Å². The predicted octanol–water partition coefficient (Wildman–Crippen LogP) is 3.07. The molecule has 0 bridgehead atoms. The van der Waals surface area contributed by atoms with Crippen molar-refractivity contribution in [1.82, 2.24) is 4.90 Å². The summed E-state index contributed by atoms with van der Waals surface area (Å²) in [6.07, 6.45) is 2.20. The fourth-order valence-electron chi connectivity index (χ4n) is 4.80. The van der Waals surface area contributed by atoms with Crippen LogP contribution in [0.1, 0.15) is 29.0 Å². The maximum absolute atomic E-state index is 13.3. The molecular formula is C28H35NO7. The number of methoxy groups -OCH3 is 2. The Balaban J connectivity index is 1.58. The fourth-order valence-corrected chi connectivity index (χ4v) is 4.80. The van der Waals surface area contributed by atoms with Gasteiger partial charge >= 0.3 is 0 Å². The van der Waals surface area contributed by atoms with E-state index in [9.17, 15) is 4.79 Å². The van der Waals surface area contributed by atoms with Crippen molar-refractivity contribution in [3.63, 3.8) is 0 Å². The highest BCUT2D eigenvalue weighted by molar-refractivity contribution is 5.91. The number of hydrogen-bond acceptors (Lipinski definition) is 7. The molecule has 194 valence electrons. The molecule has 4 rings (SSSR count). The third kappa shape index (κ3) is 5.96. The Bertz CT molecular complexity index is 1070. The zero-order valence-corrected chi connectivity index (χ0v) is 21.1. The van der Waals surface area contributed by atoms with E-state index >= 15 is 0 Å². The molecule has 2 aromatic carbocycles. The summed E-state index contributed by atoms with van der Waals surface area (Å²) in [4.78, 5) is 14.9. The van der Waals surface area contributed by atoms with Crippen molar-refractivity contribution < 1.29 is 33.6 Å². The SMILES string of the molecule is COC(CN(C)C(=O)C1=CC(c2cccc3c2Cc2ccccc2-3)CC(OCCOCCO)O1)OC. The molecule has 1 amide bonds. The normalized spacial score (nSPS) is 18.4. The van der Waals surface area contributed by atoms with Crippen molar-refractivity contribution in [1.29, 1.82) is 0 Å². The lowest BCUT2D eigenvalue weighted by atomic mass is 9.87. The van der Waals surface area contributed by atoms with Gasteiger partial charge in [-0.05, 0) is 40.3 Å². The van der Waals surface area contributed by atoms with Gasteiger partial charge in [-0.15, -0.1) is 0 Å². The second kappa shape index (κ2) is 12.5. The van der Waals surface area contributed by atoms with Crippen LogP contribution in [0.5, 0.6) is 0 Å². The second-order valence-electron chi connectivity index (χ2n) is 8.92. The smallest absolute Gasteiger partial charge is 0.288 e. The first-order chi connectivity index (χ1) is 17.5. The molecular weight excluding hydrogens is 462 g/mol. The lowest BCUT2D eigenvalue weighted by Gasteiger charge is -2.32. The molecule has 1 aliphatic carbocycles. The number of fused-ring (bicyclic) bond motifs is 3. The Labute approximate surface area is 212 Å². The van der Waals surface area contributed by atoms with Gasteiger partial charge in [0.2, 0.25) is 6.29 Å². The average Bonchev–Trinajstić information content (AvgIpc) is 3.29. The van der Waals surface area contributed by atoms with Crippen LogP contribution in [0.25, 0.3) is 11.1 Å². The minimum atomic E-state index is -0.606. The summed E-state index contributed by atoms with van der Waals surface area (Å²) >= 11 is 0. The number of aliphatic hydroxyl groups excluding tert-OH is 1. The molecule has 8 heteroatoms. The lowest BCUT2D eigenvalue weighted by molar-refractivity contribution is -0.161. The van der Waals surface area contributed by atoms with Crippen LogP contribution in [0, 0.1) is 0 Å². The zero-order valence-electron chi connectivity index (χ0n) is 21.1. The topological polar surface area (TPSA) is 86.7 Å². The number of aliphatic hydroxyl groups is 1. The first-order valence-electron chi connectivity index (χ1n) is 12.3. The third-order valence-corrected chi connectivity index (χ3v) is 6.62. The van der Waals surface area contributed by atoms with Gasteiger partial charge in [-0.1, -0.05) is 42.5 Å². The Morgan fingerprint density at radius 1 is 1.08 bits per heavy atom. The molecule has 2 atom stereocenters. The van der Waals surface area contributed by atoms with Crippen molar-refractivity contribution >= 4 is 5.91 Å². The monoisotopic (exact) mass is 497 g/mol. The fraction of sp³-hybridized carbons (Fsp3) is 0.464. The number of amides is 1. The average molecular weight is 498 g/mol. The van der Waals surface area contributed by atoms with E-state index in [1.54, 1.807) is 7.05 Å². The van der Waals surface area contributed by atoms with Crippen LogP contribution < -0.4 is 0 Å². The predicted molar refractivity (Wildman–Crippen MR) is 134 cm³/mol. The van der Waals surface area contributed by atoms with Crippen LogP contribution in [0.2, 0.25) is 0 Å². The van der Waals surface area contributed by atoms with Gasteiger partial charge in [0.05, 0.1) is 33.0 Å². The standard InChI is InChI=1S/C28H35NO7/c1-29(18-27(32-2)33-3)28(31)25-16-20(17-26(36-25)35-14-13-34-12-11-30)22-9-6-10-23-21-8-5-4-7-19(21)15-24(22)23/h4-10,16,20,26-27,30H,11-15,17-18H2,1-3H3. The number of allylic oxidation sites excluding steroid dienone is 1. The zero-order chi connectivity index (χ0) is 25.5. The molecule has 0 saturated heterocycles. The van der Waals surface area contributed by atoms with E-state index in [0.29, 0.717) is 19.6 Å². The van der Waals surface area contributed by atoms with Gasteiger partial charge in [0.25, 0.3) is 5.91 Å². The number of nitrogens with zero attached hydrogens (tertiary/aromatic N) is 1. The largest absolute Gasteiger partial charge is 0.459 e. The number of ether oxygens (including phenoxy) is 5. The summed E-state index contributed by atoms with van der Waals surface area (Å²) in [5.74, 6) is -0.0757. The Kier molecular flexibility index (Phi) is 9.12. The highest BCUT2D eigenvalue weighted by Crippen LogP contribution is 2.43. The van der Waals surface area contributed by atoms with Gasteiger partial charge in [0, 0.05) is 33.6 Å². The number of benzene rings is 2. The molecule has 0 aromatic heterocycles. The quantitative estimate of drug-likeness (QED) is 0.304. The van der Waals surface area contributed by atoms with E-state index < -0.39 is 12.6 Å². The molecule has 2 aliphatic rings. The first-order valence-corrected chi connectivity index (χ1v) is 12.3. The van der Waals surface area contributed by atoms with Crippen molar-refractivity contribution in [3.8, 4) is 11.1 Å². The summed E-state index contributed by atoms with van der Waals surface area (Å²) in [5.41, 5.74) is 6.28. The second-order valence-corrected chi connectivity index (χ2v) is 8.92. The molecule has 1 aliphatic heterocycles. The van der Waals surface area contributed by atoms with E-state index in [1.165, 1.54) is 46.9 Å². The lowest BCUT2D eigenvalue weighted by Crippen LogP contribution is -2.39. The Morgan fingerprint density at radius 2 is 1.86 bits per heavy atom. The van der Waals surface area contributed by atoms with E-state index in [2.05, 4.69) is 42.5 Å². The Hall–Kier alpha value is -2.75. The van der Waals surface area contributed by atoms with Crippen molar-refractivity contribution in [2.45, 2.75) is 31.3 Å². The highest BCUT2D eigenvalue weighted by Gasteiger charge is 2.33. The molecule has 2 unspecified atom stereocenters. The molecule has 1 N–H and O–H groups in total. The van der Waals surface area contributed by atoms with Crippen LogP contribution >= 0.6 is 0 Å². The minimum absolute atomic E-state index is 0.0405. The van der Waals surface area contributed by atoms with Gasteiger partial charge in [-0.3, -0.25) is 4.79 Å². The first kappa shape index (κ1) is 26.3. The molecule has 2 aromatic rings. The van der Waals surface area contributed by atoms with Gasteiger partial charge in [-0.2, -0.15) is 0 Å². The number of likely N-dealkylation sites (N-methyl/N-ethyl adjacent to an activating group) is 1. The summed E-state index contributed by atoms with van der Waals surface area (Å²) in [6, 6.07) is 14.8. The number of carbonyl (C=O) groups excluding carboxylic acids is 1. The van der Waals surface area contributed by atoms with Gasteiger partial charge in [0.1, 0.15) is 0 Å². The Morgan fingerprint density at radius 3 is 2.64 bits per heavy atom. The molecule has 1 heterocycles. The summed E-state index contributed by atoms with van der Waals surface area (Å²) in [5, 5.41) is 8.90. The minimum Gasteiger partial charge on any atom is -0.459 e. The van der Waals surface area contributed by atoms with Crippen LogP contribution in [-0.4, -0.2) is 82.7 Å². The maximum atomic E-state index is 13.3. The third-order valence-electron chi connectivity index (χ3n) is 6.62.